The Balaban J connectivity index is 2.30. The van der Waals surface area contributed by atoms with Crippen LogP contribution in [0.15, 0.2) is 0 Å². The SMILES string of the molecule is CC1CCN(CC(O)CC(=O)O)CC1C. The summed E-state index contributed by atoms with van der Waals surface area (Å²) in [6.45, 7) is 6.89. The van der Waals surface area contributed by atoms with Crippen LogP contribution < -0.4 is 0 Å². The first-order valence-corrected chi connectivity index (χ1v) is 5.61. The van der Waals surface area contributed by atoms with E-state index in [1.807, 2.05) is 0 Å². The van der Waals surface area contributed by atoms with Crippen LogP contribution in [0.1, 0.15) is 26.7 Å². The molecule has 0 radical (unpaired) electrons. The molecule has 0 amide bonds. The third-order valence-corrected chi connectivity index (χ3v) is 3.30. The van der Waals surface area contributed by atoms with Gasteiger partial charge in [0.1, 0.15) is 0 Å². The molecular weight excluding hydrogens is 194 g/mol. The van der Waals surface area contributed by atoms with Crippen LogP contribution in [0.3, 0.4) is 0 Å². The van der Waals surface area contributed by atoms with E-state index in [1.165, 1.54) is 0 Å². The summed E-state index contributed by atoms with van der Waals surface area (Å²) in [5.41, 5.74) is 0. The molecule has 2 N–H and O–H groups in total. The van der Waals surface area contributed by atoms with Crippen LogP contribution in [0.5, 0.6) is 0 Å². The van der Waals surface area contributed by atoms with E-state index < -0.39 is 12.1 Å². The third kappa shape index (κ3) is 4.18. The molecule has 1 fully saturated rings. The summed E-state index contributed by atoms with van der Waals surface area (Å²) in [6, 6.07) is 0. The first kappa shape index (κ1) is 12.5. The van der Waals surface area contributed by atoms with Crippen molar-refractivity contribution in [2.45, 2.75) is 32.8 Å². The Bertz CT molecular complexity index is 220. The minimum absolute atomic E-state index is 0.152. The lowest BCUT2D eigenvalue weighted by Gasteiger charge is -2.36. The summed E-state index contributed by atoms with van der Waals surface area (Å²) in [4.78, 5) is 12.6. The Morgan fingerprint density at radius 2 is 2.13 bits per heavy atom. The zero-order chi connectivity index (χ0) is 11.4. The number of carboxylic acids is 1. The number of nitrogens with zero attached hydrogens (tertiary/aromatic N) is 1. The lowest BCUT2D eigenvalue weighted by atomic mass is 9.88. The molecule has 0 aromatic rings. The van der Waals surface area contributed by atoms with Crippen LogP contribution in [0.4, 0.5) is 0 Å². The summed E-state index contributed by atoms with van der Waals surface area (Å²) < 4.78 is 0. The van der Waals surface area contributed by atoms with Crippen LogP contribution in [0, 0.1) is 11.8 Å². The number of aliphatic hydroxyl groups excluding tert-OH is 1. The molecule has 0 saturated carbocycles. The lowest BCUT2D eigenvalue weighted by Crippen LogP contribution is -2.42. The van der Waals surface area contributed by atoms with Gasteiger partial charge in [0.15, 0.2) is 0 Å². The van der Waals surface area contributed by atoms with E-state index in [2.05, 4.69) is 18.7 Å². The fourth-order valence-electron chi connectivity index (χ4n) is 2.08. The largest absolute Gasteiger partial charge is 0.481 e. The van der Waals surface area contributed by atoms with Gasteiger partial charge in [0.25, 0.3) is 0 Å². The van der Waals surface area contributed by atoms with E-state index in [4.69, 9.17) is 5.11 Å². The van der Waals surface area contributed by atoms with Gasteiger partial charge in [-0.1, -0.05) is 13.8 Å². The lowest BCUT2D eigenvalue weighted by molar-refractivity contribution is -0.139. The fraction of sp³-hybridized carbons (Fsp3) is 0.909. The molecule has 4 nitrogen and oxygen atoms in total. The van der Waals surface area contributed by atoms with Gasteiger partial charge in [0.05, 0.1) is 12.5 Å². The van der Waals surface area contributed by atoms with E-state index in [0.717, 1.165) is 25.4 Å². The average molecular weight is 215 g/mol. The van der Waals surface area contributed by atoms with E-state index in [-0.39, 0.29) is 6.42 Å². The van der Waals surface area contributed by atoms with Crippen molar-refractivity contribution in [3.63, 3.8) is 0 Å². The fourth-order valence-corrected chi connectivity index (χ4v) is 2.08. The van der Waals surface area contributed by atoms with Crippen LogP contribution in [0.2, 0.25) is 0 Å². The normalized spacial score (nSPS) is 30.1. The Morgan fingerprint density at radius 1 is 1.47 bits per heavy atom. The molecule has 1 saturated heterocycles. The number of β-amino-alcohol motifs (C(OH)–C–C–N with tert-alkyl or cyclic N) is 1. The van der Waals surface area contributed by atoms with Crippen molar-refractivity contribution in [3.05, 3.63) is 0 Å². The van der Waals surface area contributed by atoms with Crippen LogP contribution in [0.25, 0.3) is 0 Å². The Morgan fingerprint density at radius 3 is 2.67 bits per heavy atom. The molecule has 0 aromatic carbocycles. The molecule has 0 bridgehead atoms. The van der Waals surface area contributed by atoms with E-state index in [0.29, 0.717) is 12.5 Å². The molecule has 1 rings (SSSR count). The first-order chi connectivity index (χ1) is 6.99. The van der Waals surface area contributed by atoms with Gasteiger partial charge in [0, 0.05) is 13.1 Å². The van der Waals surface area contributed by atoms with Crippen molar-refractivity contribution in [1.29, 1.82) is 0 Å². The van der Waals surface area contributed by atoms with Crippen molar-refractivity contribution in [2.24, 2.45) is 11.8 Å². The van der Waals surface area contributed by atoms with Crippen molar-refractivity contribution in [1.82, 2.24) is 4.90 Å². The maximum atomic E-state index is 10.4. The zero-order valence-electron chi connectivity index (χ0n) is 9.52. The molecule has 15 heavy (non-hydrogen) atoms. The second-order valence-corrected chi connectivity index (χ2v) is 4.75. The van der Waals surface area contributed by atoms with E-state index in [9.17, 15) is 9.90 Å². The van der Waals surface area contributed by atoms with Crippen molar-refractivity contribution < 1.29 is 15.0 Å². The highest BCUT2D eigenvalue weighted by Gasteiger charge is 2.24. The van der Waals surface area contributed by atoms with Gasteiger partial charge in [-0.3, -0.25) is 4.79 Å². The molecule has 0 spiro atoms. The summed E-state index contributed by atoms with van der Waals surface area (Å²) in [6.07, 6.45) is 0.254. The topological polar surface area (TPSA) is 60.8 Å². The van der Waals surface area contributed by atoms with Gasteiger partial charge < -0.3 is 15.1 Å². The molecule has 88 valence electrons. The van der Waals surface area contributed by atoms with Crippen molar-refractivity contribution in [2.75, 3.05) is 19.6 Å². The van der Waals surface area contributed by atoms with Crippen LogP contribution >= 0.6 is 0 Å². The minimum atomic E-state index is -0.930. The Kier molecular flexibility index (Phi) is 4.54. The second-order valence-electron chi connectivity index (χ2n) is 4.75. The molecule has 0 aliphatic carbocycles. The molecule has 0 aromatic heterocycles. The maximum absolute atomic E-state index is 10.4. The highest BCUT2D eigenvalue weighted by molar-refractivity contribution is 5.67. The number of carboxylic acid groups (broad SMARTS) is 1. The quantitative estimate of drug-likeness (QED) is 0.728. The number of rotatable bonds is 4. The highest BCUT2D eigenvalue weighted by atomic mass is 16.4. The Labute approximate surface area is 90.9 Å². The third-order valence-electron chi connectivity index (χ3n) is 3.30. The first-order valence-electron chi connectivity index (χ1n) is 5.61. The molecule has 1 aliphatic rings. The van der Waals surface area contributed by atoms with E-state index in [1.54, 1.807) is 0 Å². The number of aliphatic carboxylic acids is 1. The summed E-state index contributed by atoms with van der Waals surface area (Å²) in [5, 5.41) is 18.0. The van der Waals surface area contributed by atoms with Gasteiger partial charge in [-0.05, 0) is 24.8 Å². The van der Waals surface area contributed by atoms with Gasteiger partial charge in [-0.2, -0.15) is 0 Å². The summed E-state index contributed by atoms with van der Waals surface area (Å²) >= 11 is 0. The minimum Gasteiger partial charge on any atom is -0.481 e. The summed E-state index contributed by atoms with van der Waals surface area (Å²) in [7, 11) is 0. The number of likely N-dealkylation sites (tertiary alicyclic amines) is 1. The smallest absolute Gasteiger partial charge is 0.306 e. The maximum Gasteiger partial charge on any atom is 0.306 e. The molecule has 3 unspecified atom stereocenters. The number of aliphatic hydroxyl groups is 1. The second kappa shape index (κ2) is 5.47. The van der Waals surface area contributed by atoms with Crippen molar-refractivity contribution in [3.8, 4) is 0 Å². The van der Waals surface area contributed by atoms with Gasteiger partial charge in [0.2, 0.25) is 0 Å². The molecule has 1 aliphatic heterocycles. The zero-order valence-corrected chi connectivity index (χ0v) is 9.52. The van der Waals surface area contributed by atoms with Crippen molar-refractivity contribution >= 4 is 5.97 Å². The Hall–Kier alpha value is -0.610. The predicted molar refractivity (Wildman–Crippen MR) is 57.6 cm³/mol. The van der Waals surface area contributed by atoms with Gasteiger partial charge in [-0.25, -0.2) is 0 Å². The van der Waals surface area contributed by atoms with E-state index >= 15 is 0 Å². The van der Waals surface area contributed by atoms with Gasteiger partial charge >= 0.3 is 5.97 Å². The average Bonchev–Trinajstić information content (AvgIpc) is 2.10. The molecule has 3 atom stereocenters. The molecular formula is C11H21NO3. The molecule has 1 heterocycles. The van der Waals surface area contributed by atoms with Gasteiger partial charge in [-0.15, -0.1) is 0 Å². The van der Waals surface area contributed by atoms with Crippen LogP contribution in [-0.4, -0.2) is 46.8 Å². The number of piperidine rings is 1. The highest BCUT2D eigenvalue weighted by Crippen LogP contribution is 2.22. The predicted octanol–water partition coefficient (Wildman–Crippen LogP) is 0.800. The number of carbonyl (C=O) groups is 1. The van der Waals surface area contributed by atoms with Crippen LogP contribution in [-0.2, 0) is 4.79 Å². The number of hydrogen-bond donors (Lipinski definition) is 2. The summed E-state index contributed by atoms with van der Waals surface area (Å²) in [5.74, 6) is 0.439. The monoisotopic (exact) mass is 215 g/mol. The number of hydrogen-bond acceptors (Lipinski definition) is 3. The molecule has 4 heteroatoms. The standard InChI is InChI=1S/C11H21NO3/c1-8-3-4-12(6-9(8)2)7-10(13)5-11(14)15/h8-10,13H,3-7H2,1-2H3,(H,14,15).